The van der Waals surface area contributed by atoms with Gasteiger partial charge < -0.3 is 19.3 Å². The van der Waals surface area contributed by atoms with Gasteiger partial charge in [0.15, 0.2) is 11.5 Å². The van der Waals surface area contributed by atoms with Crippen molar-refractivity contribution >= 4 is 24.4 Å². The molecule has 1 aliphatic heterocycles. The molecule has 7 heteroatoms. The molecule has 1 aliphatic rings. The van der Waals surface area contributed by atoms with Gasteiger partial charge in [-0.15, -0.1) is 12.6 Å². The first kappa shape index (κ1) is 21.0. The van der Waals surface area contributed by atoms with E-state index in [1.807, 2.05) is 41.3 Å². The maximum absolute atomic E-state index is 12.7. The standard InChI is InChI=1S/C22H26N2O4S/c1-27-18-9-7-16(15-19(18)28-2)8-10-21(25)23-11-13-24(14-12-23)22(26)17-5-3-4-6-20(17)29/h3-7,9,15,29H,8,10-14H2,1-2H3. The van der Waals surface area contributed by atoms with Crippen LogP contribution in [0.25, 0.3) is 0 Å². The van der Waals surface area contributed by atoms with Crippen LogP contribution in [0.15, 0.2) is 47.4 Å². The maximum Gasteiger partial charge on any atom is 0.255 e. The van der Waals surface area contributed by atoms with E-state index < -0.39 is 0 Å². The van der Waals surface area contributed by atoms with E-state index in [1.165, 1.54) is 0 Å². The Labute approximate surface area is 176 Å². The second-order valence-corrected chi connectivity index (χ2v) is 7.36. The summed E-state index contributed by atoms with van der Waals surface area (Å²) in [5.41, 5.74) is 1.62. The van der Waals surface area contributed by atoms with Crippen molar-refractivity contribution in [3.8, 4) is 11.5 Å². The molecule has 0 radical (unpaired) electrons. The maximum atomic E-state index is 12.7. The van der Waals surface area contributed by atoms with Crippen LogP contribution in [0.3, 0.4) is 0 Å². The molecule has 0 aromatic heterocycles. The number of hydrogen-bond donors (Lipinski definition) is 1. The molecule has 2 aromatic carbocycles. The Morgan fingerprint density at radius 1 is 0.931 bits per heavy atom. The number of benzene rings is 2. The Kier molecular flexibility index (Phi) is 7.04. The quantitative estimate of drug-likeness (QED) is 0.739. The molecule has 1 fully saturated rings. The number of amides is 2. The Morgan fingerprint density at radius 2 is 1.59 bits per heavy atom. The van der Waals surface area contributed by atoms with Crippen LogP contribution in [0.5, 0.6) is 11.5 Å². The monoisotopic (exact) mass is 414 g/mol. The predicted octanol–water partition coefficient (Wildman–Crippen LogP) is 2.91. The molecule has 0 N–H and O–H groups in total. The van der Waals surface area contributed by atoms with Gasteiger partial charge in [-0.1, -0.05) is 18.2 Å². The average Bonchev–Trinajstić information content (AvgIpc) is 2.77. The molecular formula is C22H26N2O4S. The van der Waals surface area contributed by atoms with Crippen LogP contribution in [0.4, 0.5) is 0 Å². The van der Waals surface area contributed by atoms with E-state index in [2.05, 4.69) is 12.6 Å². The average molecular weight is 415 g/mol. The van der Waals surface area contributed by atoms with Crippen LogP contribution in [0.1, 0.15) is 22.3 Å². The third kappa shape index (κ3) is 5.03. The SMILES string of the molecule is COc1ccc(CCC(=O)N2CCN(C(=O)c3ccccc3S)CC2)cc1OC. The zero-order chi connectivity index (χ0) is 20.8. The highest BCUT2D eigenvalue weighted by molar-refractivity contribution is 7.80. The van der Waals surface area contributed by atoms with Crippen LogP contribution < -0.4 is 9.47 Å². The number of aryl methyl sites for hydroxylation is 1. The number of piperazine rings is 1. The van der Waals surface area contributed by atoms with Crippen LogP contribution in [0.2, 0.25) is 0 Å². The third-order valence-corrected chi connectivity index (χ3v) is 5.52. The van der Waals surface area contributed by atoms with Crippen molar-refractivity contribution < 1.29 is 19.1 Å². The number of carbonyl (C=O) groups is 2. The lowest BCUT2D eigenvalue weighted by Crippen LogP contribution is -2.50. The molecule has 0 unspecified atom stereocenters. The van der Waals surface area contributed by atoms with Gasteiger partial charge in [0.1, 0.15) is 0 Å². The van der Waals surface area contributed by atoms with Crippen molar-refractivity contribution in [2.75, 3.05) is 40.4 Å². The summed E-state index contributed by atoms with van der Waals surface area (Å²) in [6.07, 6.45) is 1.05. The summed E-state index contributed by atoms with van der Waals surface area (Å²) in [5.74, 6) is 1.40. The third-order valence-electron chi connectivity index (χ3n) is 5.13. The number of hydrogen-bond acceptors (Lipinski definition) is 5. The molecular weight excluding hydrogens is 388 g/mol. The molecule has 29 heavy (non-hydrogen) atoms. The normalized spacial score (nSPS) is 13.9. The minimum Gasteiger partial charge on any atom is -0.493 e. The van der Waals surface area contributed by atoms with Crippen molar-refractivity contribution in [2.45, 2.75) is 17.7 Å². The van der Waals surface area contributed by atoms with Gasteiger partial charge in [0.2, 0.25) is 5.91 Å². The summed E-state index contributed by atoms with van der Waals surface area (Å²) in [7, 11) is 3.19. The van der Waals surface area contributed by atoms with Crippen LogP contribution in [-0.2, 0) is 11.2 Å². The molecule has 0 bridgehead atoms. The topological polar surface area (TPSA) is 59.1 Å². The minimum absolute atomic E-state index is 0.0342. The lowest BCUT2D eigenvalue weighted by molar-refractivity contribution is -0.132. The van der Waals surface area contributed by atoms with Crippen molar-refractivity contribution in [2.24, 2.45) is 0 Å². The van der Waals surface area contributed by atoms with E-state index >= 15 is 0 Å². The molecule has 3 rings (SSSR count). The summed E-state index contributed by atoms with van der Waals surface area (Å²) in [4.78, 5) is 29.6. The van der Waals surface area contributed by atoms with E-state index in [1.54, 1.807) is 25.2 Å². The highest BCUT2D eigenvalue weighted by Crippen LogP contribution is 2.28. The van der Waals surface area contributed by atoms with Gasteiger partial charge in [-0.05, 0) is 36.2 Å². The van der Waals surface area contributed by atoms with Gasteiger partial charge in [-0.2, -0.15) is 0 Å². The molecule has 0 spiro atoms. The van der Waals surface area contributed by atoms with Crippen molar-refractivity contribution in [1.82, 2.24) is 9.80 Å². The van der Waals surface area contributed by atoms with Crippen LogP contribution in [0, 0.1) is 0 Å². The first-order valence-electron chi connectivity index (χ1n) is 9.59. The summed E-state index contributed by atoms with van der Waals surface area (Å²) in [6, 6.07) is 13.0. The Hall–Kier alpha value is -2.67. The summed E-state index contributed by atoms with van der Waals surface area (Å²) in [5, 5.41) is 0. The number of nitrogens with zero attached hydrogens (tertiary/aromatic N) is 2. The second kappa shape index (κ2) is 9.69. The van der Waals surface area contributed by atoms with Crippen LogP contribution >= 0.6 is 12.6 Å². The van der Waals surface area contributed by atoms with Gasteiger partial charge in [-0.25, -0.2) is 0 Å². The smallest absolute Gasteiger partial charge is 0.255 e. The molecule has 154 valence electrons. The lowest BCUT2D eigenvalue weighted by Gasteiger charge is -2.35. The molecule has 6 nitrogen and oxygen atoms in total. The fourth-order valence-corrected chi connectivity index (χ4v) is 3.69. The van der Waals surface area contributed by atoms with Gasteiger partial charge in [0.05, 0.1) is 19.8 Å². The molecule has 0 atom stereocenters. The van der Waals surface area contributed by atoms with E-state index in [0.29, 0.717) is 61.0 Å². The molecule has 0 saturated carbocycles. The predicted molar refractivity (Wildman–Crippen MR) is 114 cm³/mol. The summed E-state index contributed by atoms with van der Waals surface area (Å²) >= 11 is 4.37. The van der Waals surface area contributed by atoms with Gasteiger partial charge in [-0.3, -0.25) is 9.59 Å². The molecule has 1 heterocycles. The number of carbonyl (C=O) groups excluding carboxylic acids is 2. The largest absolute Gasteiger partial charge is 0.493 e. The number of ether oxygens (including phenoxy) is 2. The zero-order valence-corrected chi connectivity index (χ0v) is 17.7. The summed E-state index contributed by atoms with van der Waals surface area (Å²) < 4.78 is 10.6. The van der Waals surface area contributed by atoms with Gasteiger partial charge in [0, 0.05) is 37.5 Å². The number of thiol groups is 1. The zero-order valence-electron chi connectivity index (χ0n) is 16.8. The molecule has 0 aliphatic carbocycles. The Balaban J connectivity index is 1.51. The van der Waals surface area contributed by atoms with Crippen molar-refractivity contribution in [3.05, 3.63) is 53.6 Å². The molecule has 1 saturated heterocycles. The minimum atomic E-state index is -0.0342. The van der Waals surface area contributed by atoms with Gasteiger partial charge >= 0.3 is 0 Å². The van der Waals surface area contributed by atoms with E-state index in [9.17, 15) is 9.59 Å². The molecule has 2 aromatic rings. The number of rotatable bonds is 6. The Bertz CT molecular complexity index is 879. The van der Waals surface area contributed by atoms with Crippen LogP contribution in [-0.4, -0.2) is 62.0 Å². The lowest BCUT2D eigenvalue weighted by atomic mass is 10.1. The number of methoxy groups -OCH3 is 2. The van der Waals surface area contributed by atoms with E-state index in [4.69, 9.17) is 9.47 Å². The highest BCUT2D eigenvalue weighted by atomic mass is 32.1. The van der Waals surface area contributed by atoms with Crippen molar-refractivity contribution in [1.29, 1.82) is 0 Å². The fourth-order valence-electron chi connectivity index (χ4n) is 3.43. The highest BCUT2D eigenvalue weighted by Gasteiger charge is 2.25. The first-order valence-corrected chi connectivity index (χ1v) is 10.0. The van der Waals surface area contributed by atoms with Crippen molar-refractivity contribution in [3.63, 3.8) is 0 Å². The first-order chi connectivity index (χ1) is 14.0. The fraction of sp³-hybridized carbons (Fsp3) is 0.364. The second-order valence-electron chi connectivity index (χ2n) is 6.88. The molecule has 2 amide bonds. The Morgan fingerprint density at radius 3 is 2.24 bits per heavy atom. The van der Waals surface area contributed by atoms with E-state index in [-0.39, 0.29) is 11.8 Å². The van der Waals surface area contributed by atoms with Gasteiger partial charge in [0.25, 0.3) is 5.91 Å². The van der Waals surface area contributed by atoms with E-state index in [0.717, 1.165) is 5.56 Å². The summed E-state index contributed by atoms with van der Waals surface area (Å²) in [6.45, 7) is 2.16.